The minimum Gasteiger partial charge on any atom is -0.463 e. The van der Waals surface area contributed by atoms with Gasteiger partial charge in [-0.1, -0.05) is 13.8 Å². The van der Waals surface area contributed by atoms with Gasteiger partial charge in [0.05, 0.1) is 13.1 Å². The van der Waals surface area contributed by atoms with Crippen molar-refractivity contribution >= 4 is 0 Å². The second kappa shape index (κ2) is 5.69. The first-order valence-electron chi connectivity index (χ1n) is 6.77. The van der Waals surface area contributed by atoms with Crippen LogP contribution in [0.15, 0.2) is 10.5 Å². The summed E-state index contributed by atoms with van der Waals surface area (Å²) < 4.78 is 5.92. The van der Waals surface area contributed by atoms with E-state index in [0.717, 1.165) is 43.7 Å². The molecule has 0 radical (unpaired) electrons. The molecule has 0 saturated heterocycles. The van der Waals surface area contributed by atoms with Gasteiger partial charge in [-0.25, -0.2) is 0 Å². The number of nitrogens with one attached hydrogen (secondary N) is 1. The van der Waals surface area contributed by atoms with Gasteiger partial charge in [-0.2, -0.15) is 0 Å². The zero-order valence-corrected chi connectivity index (χ0v) is 11.3. The highest BCUT2D eigenvalue weighted by Crippen LogP contribution is 2.28. The average Bonchev–Trinajstić information content (AvgIpc) is 3.09. The van der Waals surface area contributed by atoms with Gasteiger partial charge in [-0.3, -0.25) is 4.90 Å². The minimum atomic E-state index is 0.808. The molecule has 3 heteroatoms. The van der Waals surface area contributed by atoms with Crippen molar-refractivity contribution in [1.82, 2.24) is 10.2 Å². The van der Waals surface area contributed by atoms with Gasteiger partial charge in [0.2, 0.25) is 0 Å². The van der Waals surface area contributed by atoms with Crippen molar-refractivity contribution in [1.29, 1.82) is 0 Å². The van der Waals surface area contributed by atoms with E-state index < -0.39 is 0 Å². The molecule has 1 N–H and O–H groups in total. The first-order valence-corrected chi connectivity index (χ1v) is 6.77. The third-order valence-corrected chi connectivity index (χ3v) is 3.44. The van der Waals surface area contributed by atoms with Crippen molar-refractivity contribution in [2.75, 3.05) is 13.1 Å². The predicted octanol–water partition coefficient (Wildman–Crippen LogP) is 2.68. The first-order chi connectivity index (χ1) is 8.24. The molecule has 2 rings (SSSR count). The molecular formula is C14H24N2O. The zero-order valence-electron chi connectivity index (χ0n) is 11.3. The lowest BCUT2D eigenvalue weighted by atomic mass is 10.2. The summed E-state index contributed by atoms with van der Waals surface area (Å²) in [5.41, 5.74) is 1.27. The van der Waals surface area contributed by atoms with Crippen LogP contribution in [0.1, 0.15) is 43.8 Å². The highest BCUT2D eigenvalue weighted by Gasteiger charge is 2.28. The Morgan fingerprint density at radius 1 is 1.41 bits per heavy atom. The van der Waals surface area contributed by atoms with E-state index in [9.17, 15) is 0 Å². The normalized spacial score (nSPS) is 15.8. The Balaban J connectivity index is 1.95. The van der Waals surface area contributed by atoms with Gasteiger partial charge in [0.15, 0.2) is 0 Å². The first kappa shape index (κ1) is 12.7. The summed E-state index contributed by atoms with van der Waals surface area (Å²) in [7, 11) is 0. The van der Waals surface area contributed by atoms with E-state index in [1.54, 1.807) is 0 Å². The van der Waals surface area contributed by atoms with Crippen LogP contribution in [0.3, 0.4) is 0 Å². The lowest BCUT2D eigenvalue weighted by molar-refractivity contribution is 0.243. The molecule has 17 heavy (non-hydrogen) atoms. The van der Waals surface area contributed by atoms with Crippen LogP contribution in [0.4, 0.5) is 0 Å². The summed E-state index contributed by atoms with van der Waals surface area (Å²) >= 11 is 0. The minimum absolute atomic E-state index is 0.808. The van der Waals surface area contributed by atoms with Crippen LogP contribution in [0, 0.1) is 6.92 Å². The average molecular weight is 236 g/mol. The number of hydrogen-bond donors (Lipinski definition) is 1. The predicted molar refractivity (Wildman–Crippen MR) is 69.9 cm³/mol. The standard InChI is InChI=1S/C14H24N2O/c1-4-15-9-14-11(3)8-13(17-14)10-16(5-2)12-6-7-12/h8,12,15H,4-7,9-10H2,1-3H3. The summed E-state index contributed by atoms with van der Waals surface area (Å²) in [5.74, 6) is 2.21. The number of rotatable bonds is 7. The Hall–Kier alpha value is -0.800. The van der Waals surface area contributed by atoms with E-state index in [2.05, 4.69) is 37.1 Å². The third-order valence-electron chi connectivity index (χ3n) is 3.44. The molecular weight excluding hydrogens is 212 g/mol. The van der Waals surface area contributed by atoms with Crippen LogP contribution in [-0.4, -0.2) is 24.0 Å². The summed E-state index contributed by atoms with van der Waals surface area (Å²) in [6, 6.07) is 3.00. The number of furan rings is 1. The summed E-state index contributed by atoms with van der Waals surface area (Å²) in [6.07, 6.45) is 2.72. The molecule has 0 aliphatic heterocycles. The van der Waals surface area contributed by atoms with Crippen molar-refractivity contribution in [2.24, 2.45) is 0 Å². The SMILES string of the molecule is CCNCc1oc(CN(CC)C2CC2)cc1C. The topological polar surface area (TPSA) is 28.4 Å². The van der Waals surface area contributed by atoms with Crippen LogP contribution in [-0.2, 0) is 13.1 Å². The van der Waals surface area contributed by atoms with Crippen molar-refractivity contribution in [3.63, 3.8) is 0 Å². The van der Waals surface area contributed by atoms with E-state index in [1.807, 2.05) is 0 Å². The Morgan fingerprint density at radius 3 is 2.76 bits per heavy atom. The molecule has 1 fully saturated rings. The molecule has 0 atom stereocenters. The van der Waals surface area contributed by atoms with E-state index >= 15 is 0 Å². The fraction of sp³-hybridized carbons (Fsp3) is 0.714. The van der Waals surface area contributed by atoms with Gasteiger partial charge in [-0.15, -0.1) is 0 Å². The lowest BCUT2D eigenvalue weighted by Crippen LogP contribution is -2.24. The Labute approximate surface area is 104 Å². The Morgan fingerprint density at radius 2 is 2.18 bits per heavy atom. The summed E-state index contributed by atoms with van der Waals surface area (Å²) in [4.78, 5) is 2.51. The van der Waals surface area contributed by atoms with Crippen molar-refractivity contribution in [3.8, 4) is 0 Å². The molecule has 96 valence electrons. The zero-order chi connectivity index (χ0) is 12.3. The van der Waals surface area contributed by atoms with Crippen LogP contribution >= 0.6 is 0 Å². The second-order valence-electron chi connectivity index (χ2n) is 4.89. The highest BCUT2D eigenvalue weighted by atomic mass is 16.3. The number of nitrogens with zero attached hydrogens (tertiary/aromatic N) is 1. The molecule has 1 saturated carbocycles. The number of aryl methyl sites for hydroxylation is 1. The Bertz CT molecular complexity index is 355. The molecule has 3 nitrogen and oxygen atoms in total. The molecule has 0 amide bonds. The summed E-state index contributed by atoms with van der Waals surface area (Å²) in [5, 5.41) is 3.31. The van der Waals surface area contributed by atoms with Gasteiger partial charge in [-0.05, 0) is 44.5 Å². The molecule has 0 spiro atoms. The second-order valence-corrected chi connectivity index (χ2v) is 4.89. The monoisotopic (exact) mass is 236 g/mol. The van der Waals surface area contributed by atoms with Gasteiger partial charge >= 0.3 is 0 Å². The fourth-order valence-corrected chi connectivity index (χ4v) is 2.22. The van der Waals surface area contributed by atoms with E-state index in [4.69, 9.17) is 4.42 Å². The smallest absolute Gasteiger partial charge is 0.120 e. The maximum atomic E-state index is 5.92. The Kier molecular flexibility index (Phi) is 4.24. The molecule has 1 aliphatic carbocycles. The molecule has 1 aliphatic rings. The van der Waals surface area contributed by atoms with Crippen LogP contribution in [0.5, 0.6) is 0 Å². The maximum absolute atomic E-state index is 5.92. The van der Waals surface area contributed by atoms with Crippen molar-refractivity contribution in [3.05, 3.63) is 23.2 Å². The number of hydrogen-bond acceptors (Lipinski definition) is 3. The third kappa shape index (κ3) is 3.33. The molecule has 1 heterocycles. The van der Waals surface area contributed by atoms with Gasteiger partial charge < -0.3 is 9.73 Å². The van der Waals surface area contributed by atoms with E-state index in [1.165, 1.54) is 18.4 Å². The van der Waals surface area contributed by atoms with Gasteiger partial charge in [0.1, 0.15) is 11.5 Å². The van der Waals surface area contributed by atoms with E-state index in [-0.39, 0.29) is 0 Å². The largest absolute Gasteiger partial charge is 0.463 e. The highest BCUT2D eigenvalue weighted by molar-refractivity contribution is 5.20. The molecule has 0 unspecified atom stereocenters. The maximum Gasteiger partial charge on any atom is 0.120 e. The fourth-order valence-electron chi connectivity index (χ4n) is 2.22. The van der Waals surface area contributed by atoms with Crippen LogP contribution in [0.25, 0.3) is 0 Å². The van der Waals surface area contributed by atoms with Crippen molar-refractivity contribution < 1.29 is 4.42 Å². The van der Waals surface area contributed by atoms with Crippen LogP contribution < -0.4 is 5.32 Å². The quantitative estimate of drug-likeness (QED) is 0.789. The lowest BCUT2D eigenvalue weighted by Gasteiger charge is -2.17. The molecule has 1 aromatic heterocycles. The molecule has 0 bridgehead atoms. The van der Waals surface area contributed by atoms with E-state index in [0.29, 0.717) is 0 Å². The molecule has 0 aromatic carbocycles. The molecule has 1 aromatic rings. The van der Waals surface area contributed by atoms with Crippen molar-refractivity contribution in [2.45, 2.75) is 52.7 Å². The van der Waals surface area contributed by atoms with Gasteiger partial charge in [0, 0.05) is 6.04 Å². The van der Waals surface area contributed by atoms with Crippen LogP contribution in [0.2, 0.25) is 0 Å². The summed E-state index contributed by atoms with van der Waals surface area (Å²) in [6.45, 7) is 10.4. The van der Waals surface area contributed by atoms with Gasteiger partial charge in [0.25, 0.3) is 0 Å².